The highest BCUT2D eigenvalue weighted by atomic mass is 35.5. The summed E-state index contributed by atoms with van der Waals surface area (Å²) >= 11 is 13.6. The van der Waals surface area contributed by atoms with E-state index in [0.717, 1.165) is 4.90 Å². The first-order chi connectivity index (χ1) is 9.86. The Morgan fingerprint density at radius 1 is 1.33 bits per heavy atom. The molecule has 21 heavy (non-hydrogen) atoms. The molecule has 2 unspecified atom stereocenters. The molecule has 1 aromatic carbocycles. The topological polar surface area (TPSA) is 57.6 Å². The van der Waals surface area contributed by atoms with E-state index >= 15 is 0 Å². The molecule has 1 aromatic rings. The van der Waals surface area contributed by atoms with Gasteiger partial charge in [0.15, 0.2) is 0 Å². The number of thioether (sulfide) groups is 1. The van der Waals surface area contributed by atoms with Gasteiger partial charge in [0.05, 0.1) is 21.5 Å². The molecule has 2 rings (SSSR count). The normalized spacial score (nSPS) is 21.6. The number of amides is 1. The third kappa shape index (κ3) is 3.15. The lowest BCUT2D eigenvalue weighted by molar-refractivity contribution is -0.142. The Morgan fingerprint density at radius 2 is 2.00 bits per heavy atom. The summed E-state index contributed by atoms with van der Waals surface area (Å²) in [4.78, 5) is 26.1. The van der Waals surface area contributed by atoms with Crippen molar-refractivity contribution in [1.29, 1.82) is 0 Å². The van der Waals surface area contributed by atoms with Crippen molar-refractivity contribution in [2.24, 2.45) is 5.92 Å². The van der Waals surface area contributed by atoms with Crippen LogP contribution >= 0.6 is 35.0 Å². The van der Waals surface area contributed by atoms with Gasteiger partial charge in [-0.3, -0.25) is 9.59 Å². The van der Waals surface area contributed by atoms with Crippen molar-refractivity contribution in [3.8, 4) is 0 Å². The van der Waals surface area contributed by atoms with Crippen LogP contribution in [0, 0.1) is 5.92 Å². The van der Waals surface area contributed by atoms with Crippen molar-refractivity contribution in [2.75, 3.05) is 12.8 Å². The van der Waals surface area contributed by atoms with Crippen LogP contribution in [0.3, 0.4) is 0 Å². The summed E-state index contributed by atoms with van der Waals surface area (Å²) in [7, 11) is 0. The number of aliphatic carboxylic acids is 1. The van der Waals surface area contributed by atoms with Crippen LogP contribution in [0.1, 0.15) is 23.7 Å². The van der Waals surface area contributed by atoms with Crippen molar-refractivity contribution in [1.82, 2.24) is 4.90 Å². The number of halogens is 2. The molecule has 1 aliphatic rings. The first-order valence-corrected chi connectivity index (χ1v) is 8.41. The average molecular weight is 348 g/mol. The van der Waals surface area contributed by atoms with Gasteiger partial charge in [0.1, 0.15) is 0 Å². The van der Waals surface area contributed by atoms with Crippen LogP contribution in [-0.4, -0.2) is 40.7 Å². The molecule has 1 amide bonds. The first kappa shape index (κ1) is 16.5. The Bertz CT molecular complexity index is 594. The molecule has 7 heteroatoms. The summed E-state index contributed by atoms with van der Waals surface area (Å²) in [5.74, 6) is -1.65. The van der Waals surface area contributed by atoms with Crippen LogP contribution in [0.5, 0.6) is 0 Å². The van der Waals surface area contributed by atoms with Crippen molar-refractivity contribution >= 4 is 46.8 Å². The SMILES string of the molecule is CSc1cc(C(=O)N2CCC(C(=O)O)C2C)c(Cl)cc1Cl. The summed E-state index contributed by atoms with van der Waals surface area (Å²) in [6.45, 7) is 2.17. The fourth-order valence-electron chi connectivity index (χ4n) is 2.56. The van der Waals surface area contributed by atoms with Crippen LogP contribution < -0.4 is 0 Å². The Kier molecular flexibility index (Phi) is 5.07. The Labute approximate surface area is 137 Å². The third-order valence-corrected chi connectivity index (χ3v) is 5.32. The van der Waals surface area contributed by atoms with E-state index in [1.165, 1.54) is 11.8 Å². The number of hydrogen-bond acceptors (Lipinski definition) is 3. The monoisotopic (exact) mass is 347 g/mol. The van der Waals surface area contributed by atoms with Gasteiger partial charge in [0.2, 0.25) is 0 Å². The second kappa shape index (κ2) is 6.46. The van der Waals surface area contributed by atoms with E-state index < -0.39 is 11.9 Å². The zero-order chi connectivity index (χ0) is 15.7. The second-order valence-electron chi connectivity index (χ2n) is 4.94. The second-order valence-corrected chi connectivity index (χ2v) is 6.60. The molecule has 1 aliphatic heterocycles. The Balaban J connectivity index is 2.31. The fourth-order valence-corrected chi connectivity index (χ4v) is 3.75. The first-order valence-electron chi connectivity index (χ1n) is 6.43. The van der Waals surface area contributed by atoms with Gasteiger partial charge in [-0.05, 0) is 31.7 Å². The van der Waals surface area contributed by atoms with E-state index in [1.807, 2.05) is 6.26 Å². The maximum Gasteiger partial charge on any atom is 0.308 e. The minimum absolute atomic E-state index is 0.247. The van der Waals surface area contributed by atoms with E-state index in [2.05, 4.69) is 0 Å². The van der Waals surface area contributed by atoms with Gasteiger partial charge in [-0.25, -0.2) is 0 Å². The number of benzene rings is 1. The molecule has 0 bridgehead atoms. The van der Waals surface area contributed by atoms with E-state index in [4.69, 9.17) is 28.3 Å². The lowest BCUT2D eigenvalue weighted by atomic mass is 10.0. The summed E-state index contributed by atoms with van der Waals surface area (Å²) in [6.07, 6.45) is 2.32. The molecule has 114 valence electrons. The quantitative estimate of drug-likeness (QED) is 0.847. The number of carboxylic acid groups (broad SMARTS) is 1. The van der Waals surface area contributed by atoms with Gasteiger partial charge in [-0.15, -0.1) is 11.8 Å². The molecule has 0 aromatic heterocycles. The summed E-state index contributed by atoms with van der Waals surface area (Å²) in [5, 5.41) is 9.93. The van der Waals surface area contributed by atoms with Crippen molar-refractivity contribution < 1.29 is 14.7 Å². The molecule has 1 fully saturated rings. The number of hydrogen-bond donors (Lipinski definition) is 1. The highest BCUT2D eigenvalue weighted by molar-refractivity contribution is 7.98. The van der Waals surface area contributed by atoms with Gasteiger partial charge in [-0.1, -0.05) is 23.2 Å². The summed E-state index contributed by atoms with van der Waals surface area (Å²) in [5.41, 5.74) is 0.364. The van der Waals surface area contributed by atoms with E-state index in [0.29, 0.717) is 23.6 Å². The maximum absolute atomic E-state index is 12.6. The van der Waals surface area contributed by atoms with Gasteiger partial charge >= 0.3 is 5.97 Å². The number of likely N-dealkylation sites (tertiary alicyclic amines) is 1. The number of rotatable bonds is 3. The lowest BCUT2D eigenvalue weighted by Crippen LogP contribution is -2.37. The average Bonchev–Trinajstić information content (AvgIpc) is 2.80. The minimum atomic E-state index is -0.871. The van der Waals surface area contributed by atoms with E-state index in [9.17, 15) is 9.59 Å². The van der Waals surface area contributed by atoms with Crippen molar-refractivity contribution in [3.63, 3.8) is 0 Å². The zero-order valence-corrected chi connectivity index (χ0v) is 13.9. The number of nitrogens with zero attached hydrogens (tertiary/aromatic N) is 1. The largest absolute Gasteiger partial charge is 0.481 e. The molecule has 0 saturated carbocycles. The molecule has 4 nitrogen and oxygen atoms in total. The fraction of sp³-hybridized carbons (Fsp3) is 0.429. The molecule has 1 heterocycles. The number of carbonyl (C=O) groups is 2. The molecule has 1 saturated heterocycles. The van der Waals surface area contributed by atoms with Crippen molar-refractivity contribution in [3.05, 3.63) is 27.7 Å². The minimum Gasteiger partial charge on any atom is -0.481 e. The van der Waals surface area contributed by atoms with E-state index in [-0.39, 0.29) is 17.0 Å². The molecule has 1 N–H and O–H groups in total. The Hall–Kier alpha value is -0.910. The highest BCUT2D eigenvalue weighted by Gasteiger charge is 2.38. The van der Waals surface area contributed by atoms with Gasteiger partial charge in [0.25, 0.3) is 5.91 Å². The van der Waals surface area contributed by atoms with Crippen LogP contribution in [0.2, 0.25) is 10.0 Å². The van der Waals surface area contributed by atoms with Gasteiger partial charge < -0.3 is 10.0 Å². The third-order valence-electron chi connectivity index (χ3n) is 3.80. The predicted molar refractivity (Wildman–Crippen MR) is 84.5 cm³/mol. The highest BCUT2D eigenvalue weighted by Crippen LogP contribution is 2.33. The molecule has 0 radical (unpaired) electrons. The maximum atomic E-state index is 12.6. The number of carboxylic acids is 1. The van der Waals surface area contributed by atoms with Gasteiger partial charge in [0, 0.05) is 17.5 Å². The van der Waals surface area contributed by atoms with Crippen LogP contribution in [-0.2, 0) is 4.79 Å². The molecule has 0 aliphatic carbocycles. The summed E-state index contributed by atoms with van der Waals surface area (Å²) in [6, 6.07) is 2.87. The lowest BCUT2D eigenvalue weighted by Gasteiger charge is -2.24. The van der Waals surface area contributed by atoms with Crippen LogP contribution in [0.15, 0.2) is 17.0 Å². The van der Waals surface area contributed by atoms with E-state index in [1.54, 1.807) is 24.0 Å². The number of carbonyl (C=O) groups excluding carboxylic acids is 1. The molecular formula is C14H15Cl2NO3S. The predicted octanol–water partition coefficient (Wildman–Crippen LogP) is 3.65. The Morgan fingerprint density at radius 3 is 2.52 bits per heavy atom. The van der Waals surface area contributed by atoms with Gasteiger partial charge in [-0.2, -0.15) is 0 Å². The molecule has 0 spiro atoms. The van der Waals surface area contributed by atoms with Crippen LogP contribution in [0.25, 0.3) is 0 Å². The summed E-state index contributed by atoms with van der Waals surface area (Å²) < 4.78 is 0. The smallest absolute Gasteiger partial charge is 0.308 e. The van der Waals surface area contributed by atoms with Crippen molar-refractivity contribution in [2.45, 2.75) is 24.3 Å². The van der Waals surface area contributed by atoms with Crippen LogP contribution in [0.4, 0.5) is 0 Å². The standard InChI is InChI=1S/C14H15Cl2NO3S/c1-7-8(14(19)20)3-4-17(7)13(18)9-5-12(21-2)11(16)6-10(9)15/h5-8H,3-4H2,1-2H3,(H,19,20). The molecule has 2 atom stereocenters. The zero-order valence-electron chi connectivity index (χ0n) is 11.6. The molecular weight excluding hydrogens is 333 g/mol.